The van der Waals surface area contributed by atoms with Crippen LogP contribution in [-0.4, -0.2) is 30.5 Å². The molecule has 0 fully saturated rings. The van der Waals surface area contributed by atoms with Gasteiger partial charge in [-0.3, -0.25) is 4.68 Å². The second-order valence-electron chi connectivity index (χ2n) is 4.34. The molecular formula is C12H23N3O. The monoisotopic (exact) mass is 225 g/mol. The fourth-order valence-electron chi connectivity index (χ4n) is 2.19. The zero-order valence-corrected chi connectivity index (χ0v) is 11.2. The first kappa shape index (κ1) is 13.2. The number of aryl methyl sites for hydroxylation is 1. The van der Waals surface area contributed by atoms with Crippen molar-refractivity contribution in [3.63, 3.8) is 0 Å². The Hall–Kier alpha value is -0.870. The van der Waals surface area contributed by atoms with Crippen molar-refractivity contribution in [1.29, 1.82) is 0 Å². The van der Waals surface area contributed by atoms with Gasteiger partial charge in [-0.1, -0.05) is 0 Å². The van der Waals surface area contributed by atoms with Gasteiger partial charge in [0.15, 0.2) is 0 Å². The third-order valence-electron chi connectivity index (χ3n) is 3.07. The van der Waals surface area contributed by atoms with E-state index in [-0.39, 0.29) is 6.04 Å². The summed E-state index contributed by atoms with van der Waals surface area (Å²) in [6, 6.07) is 0.616. The molecule has 0 saturated heterocycles. The Balaban J connectivity index is 3.06. The number of ether oxygens (including phenoxy) is 1. The highest BCUT2D eigenvalue weighted by Gasteiger charge is 2.18. The highest BCUT2D eigenvalue weighted by Crippen LogP contribution is 2.23. The van der Waals surface area contributed by atoms with Crippen LogP contribution in [0, 0.1) is 13.8 Å². The summed E-state index contributed by atoms with van der Waals surface area (Å²) in [5.74, 6) is 0. The van der Waals surface area contributed by atoms with Crippen molar-refractivity contribution in [3.8, 4) is 0 Å². The topological polar surface area (TPSA) is 39.1 Å². The van der Waals surface area contributed by atoms with Crippen LogP contribution >= 0.6 is 0 Å². The Morgan fingerprint density at radius 3 is 2.50 bits per heavy atom. The Labute approximate surface area is 98.0 Å². The molecular weight excluding hydrogens is 202 g/mol. The highest BCUT2D eigenvalue weighted by molar-refractivity contribution is 5.28. The Bertz CT molecular complexity index is 346. The minimum absolute atomic E-state index is 0.279. The number of rotatable bonds is 5. The van der Waals surface area contributed by atoms with Gasteiger partial charge in [0.1, 0.15) is 0 Å². The van der Waals surface area contributed by atoms with Crippen LogP contribution in [0.1, 0.15) is 42.9 Å². The lowest BCUT2D eigenvalue weighted by atomic mass is 10.1. The SMILES string of the molecule is CNC(C)c1c(C)nn(C(C)COC)c1C. The largest absolute Gasteiger partial charge is 0.382 e. The van der Waals surface area contributed by atoms with E-state index in [1.807, 2.05) is 7.05 Å². The molecule has 0 aliphatic heterocycles. The molecule has 16 heavy (non-hydrogen) atoms. The lowest BCUT2D eigenvalue weighted by Crippen LogP contribution is -2.16. The van der Waals surface area contributed by atoms with Crippen LogP contribution < -0.4 is 5.32 Å². The quantitative estimate of drug-likeness (QED) is 0.833. The molecule has 0 radical (unpaired) electrons. The van der Waals surface area contributed by atoms with Crippen molar-refractivity contribution in [2.24, 2.45) is 0 Å². The van der Waals surface area contributed by atoms with E-state index in [1.165, 1.54) is 11.3 Å². The van der Waals surface area contributed by atoms with E-state index >= 15 is 0 Å². The van der Waals surface area contributed by atoms with Gasteiger partial charge in [0, 0.05) is 24.4 Å². The van der Waals surface area contributed by atoms with Crippen LogP contribution in [0.5, 0.6) is 0 Å². The molecule has 0 bridgehead atoms. The van der Waals surface area contributed by atoms with Gasteiger partial charge < -0.3 is 10.1 Å². The van der Waals surface area contributed by atoms with Gasteiger partial charge in [-0.15, -0.1) is 0 Å². The van der Waals surface area contributed by atoms with Gasteiger partial charge in [0.05, 0.1) is 18.3 Å². The van der Waals surface area contributed by atoms with E-state index in [0.29, 0.717) is 12.6 Å². The number of hydrogen-bond acceptors (Lipinski definition) is 3. The molecule has 1 N–H and O–H groups in total. The predicted octanol–water partition coefficient (Wildman–Crippen LogP) is 1.99. The lowest BCUT2D eigenvalue weighted by molar-refractivity contribution is 0.156. The lowest BCUT2D eigenvalue weighted by Gasteiger charge is -2.15. The van der Waals surface area contributed by atoms with Gasteiger partial charge in [-0.25, -0.2) is 0 Å². The molecule has 0 aliphatic carbocycles. The van der Waals surface area contributed by atoms with Gasteiger partial charge in [-0.2, -0.15) is 5.10 Å². The second kappa shape index (κ2) is 5.46. The standard InChI is InChI=1S/C12H23N3O/c1-8(7-16-6)15-11(4)12(9(2)13-5)10(3)14-15/h8-9,13H,7H2,1-6H3. The molecule has 2 atom stereocenters. The first-order valence-corrected chi connectivity index (χ1v) is 5.74. The summed E-state index contributed by atoms with van der Waals surface area (Å²) >= 11 is 0. The zero-order valence-electron chi connectivity index (χ0n) is 11.2. The minimum Gasteiger partial charge on any atom is -0.382 e. The van der Waals surface area contributed by atoms with Crippen molar-refractivity contribution in [2.75, 3.05) is 20.8 Å². The van der Waals surface area contributed by atoms with Crippen molar-refractivity contribution < 1.29 is 4.74 Å². The molecule has 92 valence electrons. The summed E-state index contributed by atoms with van der Waals surface area (Å²) in [7, 11) is 3.69. The molecule has 4 heteroatoms. The van der Waals surface area contributed by atoms with Gasteiger partial charge >= 0.3 is 0 Å². The van der Waals surface area contributed by atoms with Gasteiger partial charge in [0.2, 0.25) is 0 Å². The van der Waals surface area contributed by atoms with Crippen LogP contribution in [0.3, 0.4) is 0 Å². The summed E-state index contributed by atoms with van der Waals surface area (Å²) in [5.41, 5.74) is 3.62. The average Bonchev–Trinajstić information content (AvgIpc) is 2.54. The van der Waals surface area contributed by atoms with Crippen molar-refractivity contribution >= 4 is 0 Å². The molecule has 1 aromatic rings. The van der Waals surface area contributed by atoms with Crippen molar-refractivity contribution in [2.45, 2.75) is 39.8 Å². The summed E-state index contributed by atoms with van der Waals surface area (Å²) in [6.45, 7) is 9.15. The Morgan fingerprint density at radius 2 is 2.00 bits per heavy atom. The molecule has 0 amide bonds. The molecule has 2 unspecified atom stereocenters. The summed E-state index contributed by atoms with van der Waals surface area (Å²) in [5, 5.41) is 7.86. The number of nitrogens with one attached hydrogen (secondary N) is 1. The normalized spacial score (nSPS) is 15.1. The summed E-state index contributed by atoms with van der Waals surface area (Å²) in [6.07, 6.45) is 0. The average molecular weight is 225 g/mol. The number of nitrogens with zero attached hydrogens (tertiary/aromatic N) is 2. The van der Waals surface area contributed by atoms with Gasteiger partial charge in [0.25, 0.3) is 0 Å². The Morgan fingerprint density at radius 1 is 1.38 bits per heavy atom. The molecule has 1 aromatic heterocycles. The van der Waals surface area contributed by atoms with Gasteiger partial charge in [-0.05, 0) is 34.7 Å². The number of aromatic nitrogens is 2. The maximum absolute atomic E-state index is 5.17. The first-order chi connectivity index (χ1) is 7.52. The smallest absolute Gasteiger partial charge is 0.0727 e. The predicted molar refractivity (Wildman–Crippen MR) is 65.8 cm³/mol. The molecule has 1 rings (SSSR count). The van der Waals surface area contributed by atoms with E-state index in [4.69, 9.17) is 4.74 Å². The molecule has 0 aromatic carbocycles. The van der Waals surface area contributed by atoms with Crippen LogP contribution in [-0.2, 0) is 4.74 Å². The van der Waals surface area contributed by atoms with Crippen molar-refractivity contribution in [3.05, 3.63) is 17.0 Å². The van der Waals surface area contributed by atoms with Crippen LogP contribution in [0.25, 0.3) is 0 Å². The fraction of sp³-hybridized carbons (Fsp3) is 0.750. The number of hydrogen-bond donors (Lipinski definition) is 1. The van der Waals surface area contributed by atoms with E-state index in [1.54, 1.807) is 7.11 Å². The molecule has 0 saturated carbocycles. The molecule has 1 heterocycles. The summed E-state index contributed by atoms with van der Waals surface area (Å²) < 4.78 is 7.23. The molecule has 0 spiro atoms. The van der Waals surface area contributed by atoms with E-state index < -0.39 is 0 Å². The zero-order chi connectivity index (χ0) is 12.3. The van der Waals surface area contributed by atoms with Crippen molar-refractivity contribution in [1.82, 2.24) is 15.1 Å². The van der Waals surface area contributed by atoms with Crippen LogP contribution in [0.15, 0.2) is 0 Å². The summed E-state index contributed by atoms with van der Waals surface area (Å²) in [4.78, 5) is 0. The highest BCUT2D eigenvalue weighted by atomic mass is 16.5. The third-order valence-corrected chi connectivity index (χ3v) is 3.07. The molecule has 4 nitrogen and oxygen atoms in total. The first-order valence-electron chi connectivity index (χ1n) is 5.74. The second-order valence-corrected chi connectivity index (χ2v) is 4.34. The maximum atomic E-state index is 5.17. The van der Waals surface area contributed by atoms with Crippen LogP contribution in [0.4, 0.5) is 0 Å². The minimum atomic E-state index is 0.279. The van der Waals surface area contributed by atoms with E-state index in [9.17, 15) is 0 Å². The van der Waals surface area contributed by atoms with E-state index in [0.717, 1.165) is 5.69 Å². The fourth-order valence-corrected chi connectivity index (χ4v) is 2.19. The Kier molecular flexibility index (Phi) is 4.50. The molecule has 0 aliphatic rings. The number of methoxy groups -OCH3 is 1. The van der Waals surface area contributed by atoms with E-state index in [2.05, 4.69) is 42.8 Å². The maximum Gasteiger partial charge on any atom is 0.0727 e. The third kappa shape index (κ3) is 2.44. The van der Waals surface area contributed by atoms with Crippen LogP contribution in [0.2, 0.25) is 0 Å².